The van der Waals surface area contributed by atoms with E-state index in [1.54, 1.807) is 0 Å². The van der Waals surface area contributed by atoms with Crippen LogP contribution in [0, 0.1) is 10.1 Å². The highest BCUT2D eigenvalue weighted by Crippen LogP contribution is 2.44. The molecule has 0 spiro atoms. The van der Waals surface area contributed by atoms with E-state index >= 15 is 0 Å². The van der Waals surface area contributed by atoms with E-state index in [4.69, 9.17) is 4.74 Å². The molecule has 1 amide bonds. The van der Waals surface area contributed by atoms with Gasteiger partial charge in [-0.1, -0.05) is 60.7 Å². The molecule has 0 bridgehead atoms. The Morgan fingerprint density at radius 1 is 1.15 bits per heavy atom. The molecule has 0 fully saturated rings. The average Bonchev–Trinajstić information content (AvgIpc) is 3.12. The summed E-state index contributed by atoms with van der Waals surface area (Å²) in [5.74, 6) is -1.43. The number of benzene rings is 2. The van der Waals surface area contributed by atoms with Gasteiger partial charge >= 0.3 is 17.8 Å². The van der Waals surface area contributed by atoms with Gasteiger partial charge in [0.1, 0.15) is 12.6 Å². The second kappa shape index (κ2) is 8.87. The smallest absolute Gasteiger partial charge is 0.407 e. The summed E-state index contributed by atoms with van der Waals surface area (Å²) in [5, 5.41) is 32.6. The van der Waals surface area contributed by atoms with Gasteiger partial charge in [0.05, 0.1) is 11.3 Å². The molecule has 0 radical (unpaired) electrons. The van der Waals surface area contributed by atoms with Crippen molar-refractivity contribution in [3.63, 3.8) is 0 Å². The monoisotopic (exact) mass is 450 g/mol. The minimum atomic E-state index is -2.21. The van der Waals surface area contributed by atoms with Crippen molar-refractivity contribution in [3.8, 4) is 11.1 Å². The zero-order valence-corrected chi connectivity index (χ0v) is 17.5. The first kappa shape index (κ1) is 22.2. The van der Waals surface area contributed by atoms with Crippen LogP contribution in [0.15, 0.2) is 72.3 Å². The minimum absolute atomic E-state index is 0.0463. The summed E-state index contributed by atoms with van der Waals surface area (Å²) in [6.07, 6.45) is 2.42. The van der Waals surface area contributed by atoms with E-state index in [9.17, 15) is 29.9 Å². The minimum Gasteiger partial charge on any atom is -0.480 e. The SMILES string of the molecule is O=C(N[C@@H](CC1=CCC(O)([N+](=O)[O-])C=C1)C(=O)O)OCC1c2ccccc2-c2ccccc21. The molecule has 2 atom stereocenters. The number of carbonyl (C=O) groups excluding carboxylic acids is 1. The summed E-state index contributed by atoms with van der Waals surface area (Å²) in [7, 11) is 0. The maximum Gasteiger partial charge on any atom is 0.407 e. The average molecular weight is 450 g/mol. The molecule has 2 aliphatic carbocycles. The highest BCUT2D eigenvalue weighted by Gasteiger charge is 2.38. The number of hydrogen-bond acceptors (Lipinski definition) is 6. The summed E-state index contributed by atoms with van der Waals surface area (Å²) in [6, 6.07) is 14.4. The van der Waals surface area contributed by atoms with Crippen molar-refractivity contribution in [3.05, 3.63) is 93.6 Å². The maximum atomic E-state index is 12.4. The van der Waals surface area contributed by atoms with Gasteiger partial charge in [0.15, 0.2) is 0 Å². The Morgan fingerprint density at radius 3 is 2.27 bits per heavy atom. The molecule has 9 heteroatoms. The molecule has 33 heavy (non-hydrogen) atoms. The highest BCUT2D eigenvalue weighted by atomic mass is 16.7. The van der Waals surface area contributed by atoms with Crippen LogP contribution in [0.25, 0.3) is 11.1 Å². The Morgan fingerprint density at radius 2 is 1.76 bits per heavy atom. The molecule has 0 heterocycles. The Hall–Kier alpha value is -3.98. The largest absolute Gasteiger partial charge is 0.480 e. The van der Waals surface area contributed by atoms with E-state index < -0.39 is 28.8 Å². The fourth-order valence-corrected chi connectivity index (χ4v) is 4.16. The third-order valence-corrected chi connectivity index (χ3v) is 5.92. The summed E-state index contributed by atoms with van der Waals surface area (Å²) in [4.78, 5) is 34.1. The number of nitrogens with zero attached hydrogens (tertiary/aromatic N) is 1. The van der Waals surface area contributed by atoms with Gasteiger partial charge < -0.3 is 20.3 Å². The van der Waals surface area contributed by atoms with Crippen LogP contribution >= 0.6 is 0 Å². The standard InChI is InChI=1S/C24H22N2O7/c27-22(28)21(13-15-9-11-24(30,12-10-15)26(31)32)25-23(29)33-14-20-18-7-3-1-5-16(18)17-6-2-4-8-19(17)20/h1-11,20-21,30H,12-14H2,(H,25,29)(H,27,28)/t21-,24?/m0/s1. The molecule has 1 unspecified atom stereocenters. The molecular formula is C24H22N2O7. The Balaban J connectivity index is 1.39. The van der Waals surface area contributed by atoms with Crippen molar-refractivity contribution in [1.82, 2.24) is 5.32 Å². The van der Waals surface area contributed by atoms with Crippen molar-refractivity contribution in [2.75, 3.05) is 6.61 Å². The summed E-state index contributed by atoms with van der Waals surface area (Å²) < 4.78 is 5.39. The summed E-state index contributed by atoms with van der Waals surface area (Å²) in [6.45, 7) is 0.0463. The Kier molecular flexibility index (Phi) is 5.97. The number of carboxylic acid groups (broad SMARTS) is 1. The number of nitro groups is 1. The lowest BCUT2D eigenvalue weighted by Gasteiger charge is -2.20. The number of aliphatic hydroxyl groups is 1. The summed E-state index contributed by atoms with van der Waals surface area (Å²) in [5.41, 5.74) is 2.48. The van der Waals surface area contributed by atoms with E-state index in [-0.39, 0.29) is 25.4 Å². The molecule has 9 nitrogen and oxygen atoms in total. The number of alkyl carbamates (subject to hydrolysis) is 1. The van der Waals surface area contributed by atoms with Gasteiger partial charge in [-0.3, -0.25) is 10.1 Å². The second-order valence-electron chi connectivity index (χ2n) is 8.02. The van der Waals surface area contributed by atoms with Gasteiger partial charge in [-0.25, -0.2) is 9.59 Å². The third-order valence-electron chi connectivity index (χ3n) is 5.92. The van der Waals surface area contributed by atoms with Gasteiger partial charge in [-0.05, 0) is 27.8 Å². The van der Waals surface area contributed by atoms with E-state index in [0.29, 0.717) is 5.57 Å². The fourth-order valence-electron chi connectivity index (χ4n) is 4.16. The van der Waals surface area contributed by atoms with E-state index in [0.717, 1.165) is 28.3 Å². The summed E-state index contributed by atoms with van der Waals surface area (Å²) >= 11 is 0. The maximum absolute atomic E-state index is 12.4. The fraction of sp³-hybridized carbons (Fsp3) is 0.250. The predicted octanol–water partition coefficient (Wildman–Crippen LogP) is 3.22. The van der Waals surface area contributed by atoms with Crippen LogP contribution in [0.1, 0.15) is 29.9 Å². The van der Waals surface area contributed by atoms with Crippen molar-refractivity contribution >= 4 is 12.1 Å². The number of carbonyl (C=O) groups is 2. The number of carboxylic acids is 1. The number of allylic oxidation sites excluding steroid dienone is 1. The van der Waals surface area contributed by atoms with Crippen molar-refractivity contribution < 1.29 is 29.5 Å². The van der Waals surface area contributed by atoms with Gasteiger partial charge in [0.25, 0.3) is 0 Å². The predicted molar refractivity (Wildman–Crippen MR) is 118 cm³/mol. The molecule has 2 aliphatic rings. The number of nitrogens with one attached hydrogen (secondary N) is 1. The van der Waals surface area contributed by atoms with Crippen LogP contribution in [0.2, 0.25) is 0 Å². The topological polar surface area (TPSA) is 139 Å². The molecule has 0 aliphatic heterocycles. The lowest BCUT2D eigenvalue weighted by atomic mass is 9.96. The molecule has 170 valence electrons. The van der Waals surface area contributed by atoms with Crippen LogP contribution in [0.3, 0.4) is 0 Å². The van der Waals surface area contributed by atoms with Crippen LogP contribution in [-0.2, 0) is 9.53 Å². The van der Waals surface area contributed by atoms with Crippen molar-refractivity contribution in [2.24, 2.45) is 0 Å². The zero-order valence-electron chi connectivity index (χ0n) is 17.5. The number of ether oxygens (including phenoxy) is 1. The lowest BCUT2D eigenvalue weighted by Crippen LogP contribution is -2.42. The zero-order chi connectivity index (χ0) is 23.6. The number of rotatable bonds is 7. The van der Waals surface area contributed by atoms with Crippen molar-refractivity contribution in [2.45, 2.75) is 30.5 Å². The van der Waals surface area contributed by atoms with Gasteiger partial charge in [0.2, 0.25) is 0 Å². The molecule has 0 aromatic heterocycles. The number of aliphatic carboxylic acids is 1. The van der Waals surface area contributed by atoms with Crippen LogP contribution in [0.5, 0.6) is 0 Å². The van der Waals surface area contributed by atoms with E-state index in [2.05, 4.69) is 5.32 Å². The molecule has 3 N–H and O–H groups in total. The van der Waals surface area contributed by atoms with Crippen LogP contribution < -0.4 is 5.32 Å². The number of amides is 1. The molecule has 2 aromatic carbocycles. The first-order chi connectivity index (χ1) is 15.8. The Bertz CT molecular complexity index is 1130. The second-order valence-corrected chi connectivity index (χ2v) is 8.02. The highest BCUT2D eigenvalue weighted by molar-refractivity contribution is 5.81. The van der Waals surface area contributed by atoms with Crippen LogP contribution in [0.4, 0.5) is 4.79 Å². The van der Waals surface area contributed by atoms with Gasteiger partial charge in [-0.2, -0.15) is 0 Å². The van der Waals surface area contributed by atoms with Crippen LogP contribution in [-0.4, -0.2) is 45.6 Å². The molecular weight excluding hydrogens is 428 g/mol. The Labute approximate surface area is 189 Å². The molecule has 0 saturated carbocycles. The number of fused-ring (bicyclic) bond motifs is 3. The first-order valence-electron chi connectivity index (χ1n) is 10.4. The van der Waals surface area contributed by atoms with Crippen molar-refractivity contribution in [1.29, 1.82) is 0 Å². The van der Waals surface area contributed by atoms with Gasteiger partial charge in [0, 0.05) is 18.4 Å². The van der Waals surface area contributed by atoms with Gasteiger partial charge in [-0.15, -0.1) is 0 Å². The molecule has 2 aromatic rings. The molecule has 4 rings (SSSR count). The van der Waals surface area contributed by atoms with E-state index in [1.807, 2.05) is 48.5 Å². The number of hydrogen-bond donors (Lipinski definition) is 3. The normalized spacial score (nSPS) is 19.7. The first-order valence-corrected chi connectivity index (χ1v) is 10.4. The molecule has 0 saturated heterocycles. The third kappa shape index (κ3) is 4.49. The van der Waals surface area contributed by atoms with E-state index in [1.165, 1.54) is 12.2 Å². The lowest BCUT2D eigenvalue weighted by molar-refractivity contribution is -0.607. The quantitative estimate of drug-likeness (QED) is 0.334.